The molecule has 0 saturated heterocycles. The molecule has 0 aromatic heterocycles. The average Bonchev–Trinajstić information content (AvgIpc) is 3.61. The number of ether oxygens (including phenoxy) is 2. The van der Waals surface area contributed by atoms with Crippen molar-refractivity contribution >= 4 is 35.1 Å². The minimum Gasteiger partial charge on any atom is -0.507 e. The number of nitro groups is 2. The number of methoxy groups -OCH3 is 2. The van der Waals surface area contributed by atoms with Crippen molar-refractivity contribution in [1.29, 1.82) is 0 Å². The molecular formula is C60H44F6N4O12. The fourth-order valence-corrected chi connectivity index (χ4v) is 8.95. The summed E-state index contributed by atoms with van der Waals surface area (Å²) in [6.45, 7) is 0. The number of alkyl halides is 6. The van der Waals surface area contributed by atoms with Gasteiger partial charge < -0.3 is 30.3 Å². The molecule has 0 aliphatic rings. The second-order valence-electron chi connectivity index (χ2n) is 18.5. The van der Waals surface area contributed by atoms with Crippen LogP contribution in [-0.2, 0) is 31.4 Å². The zero-order valence-corrected chi connectivity index (χ0v) is 42.9. The van der Waals surface area contributed by atoms with Gasteiger partial charge in [-0.25, -0.2) is 0 Å². The van der Waals surface area contributed by atoms with Crippen molar-refractivity contribution in [3.05, 3.63) is 223 Å². The van der Waals surface area contributed by atoms with Crippen LogP contribution in [-0.4, -0.2) is 58.0 Å². The first-order chi connectivity index (χ1) is 38.9. The highest BCUT2D eigenvalue weighted by Crippen LogP contribution is 2.41. The SMILES string of the molecule is COC(=O)CC(NC(=O)c1cc(-c2ccc(C(F)(F)F)cc2)ccc1O)c1ccc(-c2cc(-c3ccc([N+](=O)[O-])cc3-c3ccc(C(CC(=O)OC)NC(=O)c4cc(-c5ccc(C(F)(F)F)cc5)ccc4O)cc3)cc([N+](=O)[O-])c2)cc1. The minimum absolute atomic E-state index is 0.235. The van der Waals surface area contributed by atoms with Gasteiger partial charge in [0, 0.05) is 24.3 Å². The van der Waals surface area contributed by atoms with Gasteiger partial charge in [0.2, 0.25) is 0 Å². The van der Waals surface area contributed by atoms with Crippen molar-refractivity contribution < 1.29 is 75.1 Å². The Morgan fingerprint density at radius 2 is 0.829 bits per heavy atom. The number of carbonyl (C=O) groups is 4. The molecular weight excluding hydrogens is 1080 g/mol. The van der Waals surface area contributed by atoms with Crippen LogP contribution in [0.3, 0.4) is 0 Å². The number of amides is 2. The Balaban J connectivity index is 1.08. The summed E-state index contributed by atoms with van der Waals surface area (Å²) >= 11 is 0. The molecule has 0 spiro atoms. The third-order valence-electron chi connectivity index (χ3n) is 13.3. The van der Waals surface area contributed by atoms with E-state index in [4.69, 9.17) is 9.47 Å². The molecule has 8 rings (SSSR count). The number of rotatable bonds is 17. The predicted octanol–water partition coefficient (Wildman–Crippen LogP) is 13.4. The number of halogens is 6. The van der Waals surface area contributed by atoms with Crippen LogP contribution >= 0.6 is 0 Å². The molecule has 0 fully saturated rings. The van der Waals surface area contributed by atoms with E-state index >= 15 is 0 Å². The lowest BCUT2D eigenvalue weighted by atomic mass is 9.90. The fraction of sp³-hybridized carbons (Fsp3) is 0.133. The highest BCUT2D eigenvalue weighted by molar-refractivity contribution is 5.99. The summed E-state index contributed by atoms with van der Waals surface area (Å²) in [4.78, 5) is 76.4. The molecule has 82 heavy (non-hydrogen) atoms. The van der Waals surface area contributed by atoms with Crippen molar-refractivity contribution in [2.24, 2.45) is 0 Å². The zero-order chi connectivity index (χ0) is 59.2. The molecule has 0 saturated carbocycles. The van der Waals surface area contributed by atoms with Crippen molar-refractivity contribution in [2.75, 3.05) is 14.2 Å². The number of non-ortho nitro benzene ring substituents is 2. The molecule has 0 bridgehead atoms. The maximum atomic E-state index is 13.8. The van der Waals surface area contributed by atoms with Crippen LogP contribution in [0.15, 0.2) is 170 Å². The van der Waals surface area contributed by atoms with Crippen LogP contribution < -0.4 is 10.6 Å². The van der Waals surface area contributed by atoms with E-state index in [2.05, 4.69) is 10.6 Å². The normalized spacial score (nSPS) is 12.1. The summed E-state index contributed by atoms with van der Waals surface area (Å²) in [7, 11) is 2.26. The Bertz CT molecular complexity index is 3760. The van der Waals surface area contributed by atoms with Gasteiger partial charge in [-0.05, 0) is 127 Å². The van der Waals surface area contributed by atoms with Gasteiger partial charge in [0.25, 0.3) is 23.2 Å². The van der Waals surface area contributed by atoms with Gasteiger partial charge >= 0.3 is 24.3 Å². The molecule has 4 N–H and O–H groups in total. The molecule has 2 atom stereocenters. The maximum absolute atomic E-state index is 13.8. The number of nitrogens with one attached hydrogen (secondary N) is 2. The van der Waals surface area contributed by atoms with Gasteiger partial charge in [-0.3, -0.25) is 39.4 Å². The number of nitro benzene ring substituents is 2. The largest absolute Gasteiger partial charge is 0.507 e. The lowest BCUT2D eigenvalue weighted by Crippen LogP contribution is -2.30. The van der Waals surface area contributed by atoms with Crippen molar-refractivity contribution in [1.82, 2.24) is 10.6 Å². The van der Waals surface area contributed by atoms with E-state index < -0.39 is 93.5 Å². The number of hydrogen-bond donors (Lipinski definition) is 4. The first kappa shape index (κ1) is 57.8. The maximum Gasteiger partial charge on any atom is 0.416 e. The summed E-state index contributed by atoms with van der Waals surface area (Å²) in [5.41, 5.74) is 0.716. The lowest BCUT2D eigenvalue weighted by molar-refractivity contribution is -0.384. The van der Waals surface area contributed by atoms with E-state index in [1.807, 2.05) is 0 Å². The summed E-state index contributed by atoms with van der Waals surface area (Å²) < 4.78 is 89.2. The van der Waals surface area contributed by atoms with Crippen molar-refractivity contribution in [3.63, 3.8) is 0 Å². The molecule has 2 unspecified atom stereocenters. The number of phenolic OH excluding ortho intramolecular Hbond substituents is 2. The third kappa shape index (κ3) is 13.4. The number of nitrogens with zero attached hydrogens (tertiary/aromatic N) is 2. The molecule has 22 heteroatoms. The highest BCUT2D eigenvalue weighted by atomic mass is 19.4. The van der Waals surface area contributed by atoms with Crippen LogP contribution in [0.4, 0.5) is 37.7 Å². The zero-order valence-electron chi connectivity index (χ0n) is 42.9. The molecule has 8 aromatic rings. The molecule has 8 aromatic carbocycles. The number of carbonyl (C=O) groups excluding carboxylic acids is 4. The Hall–Kier alpha value is -10.4. The van der Waals surface area contributed by atoms with Gasteiger partial charge in [0.15, 0.2) is 0 Å². The first-order valence-electron chi connectivity index (χ1n) is 24.5. The van der Waals surface area contributed by atoms with Crippen molar-refractivity contribution in [2.45, 2.75) is 37.3 Å². The summed E-state index contributed by atoms with van der Waals surface area (Å²) in [6, 6.07) is 34.3. The molecule has 0 radical (unpaired) electrons. The summed E-state index contributed by atoms with van der Waals surface area (Å²) in [5.74, 6) is -4.13. The van der Waals surface area contributed by atoms with E-state index in [0.29, 0.717) is 55.6 Å². The van der Waals surface area contributed by atoms with Crippen LogP contribution in [0.1, 0.15) is 67.9 Å². The van der Waals surface area contributed by atoms with Crippen LogP contribution in [0.2, 0.25) is 0 Å². The second kappa shape index (κ2) is 23.9. The number of hydrogen-bond acceptors (Lipinski definition) is 12. The Morgan fingerprint density at radius 3 is 1.23 bits per heavy atom. The standard InChI is InChI=1S/C60H44F6N4O12/c1-81-55(73)31-51(67-57(75)49-28-39(15-23-53(49)71)33-11-17-43(18-12-33)59(61,62)63)37-7-3-35(4-8-37)41-25-42(27-46(26-41)70(79)80)47-22-21-45(69(77)78)30-48(47)36-5-9-38(10-6-36)52(32-56(74)82-2)68-58(76)50-29-40(16-24-54(50)72)34-13-19-44(20-14-34)60(64,65)66/h3-30,51-52,71-72H,31-32H2,1-2H3,(H,67,75)(H,68,76). The minimum atomic E-state index is -4.59. The summed E-state index contributed by atoms with van der Waals surface area (Å²) in [5, 5.41) is 51.5. The molecule has 16 nitrogen and oxygen atoms in total. The fourth-order valence-electron chi connectivity index (χ4n) is 8.95. The van der Waals surface area contributed by atoms with Gasteiger partial charge in [-0.15, -0.1) is 0 Å². The van der Waals surface area contributed by atoms with E-state index in [9.17, 15) is 76.0 Å². The van der Waals surface area contributed by atoms with Crippen LogP contribution in [0.5, 0.6) is 11.5 Å². The topological polar surface area (TPSA) is 238 Å². The Labute approximate surface area is 461 Å². The number of aromatic hydroxyl groups is 2. The molecule has 0 heterocycles. The van der Waals surface area contributed by atoms with E-state index in [1.165, 1.54) is 127 Å². The third-order valence-corrected chi connectivity index (χ3v) is 13.3. The average molecular weight is 1130 g/mol. The smallest absolute Gasteiger partial charge is 0.416 e. The highest BCUT2D eigenvalue weighted by Gasteiger charge is 2.32. The number of phenols is 2. The predicted molar refractivity (Wildman–Crippen MR) is 287 cm³/mol. The monoisotopic (exact) mass is 1130 g/mol. The summed E-state index contributed by atoms with van der Waals surface area (Å²) in [6.07, 6.45) is -9.99. The molecule has 0 aliphatic heterocycles. The van der Waals surface area contributed by atoms with Crippen LogP contribution in [0, 0.1) is 20.2 Å². The van der Waals surface area contributed by atoms with E-state index in [-0.39, 0.29) is 33.6 Å². The van der Waals surface area contributed by atoms with Gasteiger partial charge in [0.05, 0.1) is 71.2 Å². The van der Waals surface area contributed by atoms with Crippen molar-refractivity contribution in [3.8, 4) is 67.1 Å². The van der Waals surface area contributed by atoms with Gasteiger partial charge in [0.1, 0.15) is 11.5 Å². The molecule has 0 aliphatic carbocycles. The van der Waals surface area contributed by atoms with E-state index in [1.54, 1.807) is 18.2 Å². The Morgan fingerprint density at radius 1 is 0.451 bits per heavy atom. The number of benzene rings is 8. The quantitative estimate of drug-likeness (QED) is 0.0288. The lowest BCUT2D eigenvalue weighted by Gasteiger charge is -2.20. The van der Waals surface area contributed by atoms with Gasteiger partial charge in [-0.1, -0.05) is 84.9 Å². The molecule has 2 amide bonds. The van der Waals surface area contributed by atoms with Crippen LogP contribution in [0.25, 0.3) is 55.6 Å². The van der Waals surface area contributed by atoms with E-state index in [0.717, 1.165) is 38.5 Å². The second-order valence-corrected chi connectivity index (χ2v) is 18.5. The Kier molecular flexibility index (Phi) is 16.9. The number of esters is 2. The van der Waals surface area contributed by atoms with Gasteiger partial charge in [-0.2, -0.15) is 26.3 Å². The first-order valence-corrected chi connectivity index (χ1v) is 24.5. The molecule has 418 valence electrons.